The van der Waals surface area contributed by atoms with E-state index in [1.54, 1.807) is 6.07 Å². The van der Waals surface area contributed by atoms with Crippen molar-refractivity contribution >= 4 is 22.6 Å². The summed E-state index contributed by atoms with van der Waals surface area (Å²) in [5.74, 6) is 1.33. The van der Waals surface area contributed by atoms with Crippen LogP contribution >= 0.6 is 22.6 Å². The zero-order valence-electron chi connectivity index (χ0n) is 10.7. The first kappa shape index (κ1) is 13.8. The number of pyridine rings is 1. The second-order valence-corrected chi connectivity index (χ2v) is 4.60. The van der Waals surface area contributed by atoms with E-state index in [-0.39, 0.29) is 6.01 Å². The van der Waals surface area contributed by atoms with Gasteiger partial charge in [-0.05, 0) is 41.6 Å². The van der Waals surface area contributed by atoms with Crippen molar-refractivity contribution in [2.75, 3.05) is 14.2 Å². The van der Waals surface area contributed by atoms with Crippen LogP contribution in [0.5, 0.6) is 23.5 Å². The molecule has 0 saturated heterocycles. The van der Waals surface area contributed by atoms with Crippen LogP contribution < -0.4 is 14.2 Å². The van der Waals surface area contributed by atoms with E-state index in [2.05, 4.69) is 37.5 Å². The van der Waals surface area contributed by atoms with Crippen LogP contribution in [0.15, 0.2) is 18.2 Å². The second-order valence-electron chi connectivity index (χ2n) is 3.58. The van der Waals surface area contributed by atoms with Crippen molar-refractivity contribution < 1.29 is 14.2 Å². The number of rotatable bonds is 4. The summed E-state index contributed by atoms with van der Waals surface area (Å²) in [4.78, 5) is 12.5. The van der Waals surface area contributed by atoms with Crippen molar-refractivity contribution in [1.82, 2.24) is 15.0 Å². The van der Waals surface area contributed by atoms with Crippen LogP contribution in [0.1, 0.15) is 5.69 Å². The average molecular weight is 373 g/mol. The third kappa shape index (κ3) is 3.43. The van der Waals surface area contributed by atoms with Gasteiger partial charge in [0.2, 0.25) is 11.8 Å². The van der Waals surface area contributed by atoms with Crippen molar-refractivity contribution in [1.29, 1.82) is 0 Å². The normalized spacial score (nSPS) is 10.1. The van der Waals surface area contributed by atoms with Crippen molar-refractivity contribution in [2.24, 2.45) is 0 Å². The van der Waals surface area contributed by atoms with E-state index < -0.39 is 0 Å². The van der Waals surface area contributed by atoms with Gasteiger partial charge in [0.25, 0.3) is 0 Å². The lowest BCUT2D eigenvalue weighted by Gasteiger charge is -2.08. The number of halogens is 1. The van der Waals surface area contributed by atoms with Gasteiger partial charge in [-0.3, -0.25) is 0 Å². The van der Waals surface area contributed by atoms with Gasteiger partial charge in [-0.1, -0.05) is 0 Å². The first-order valence-corrected chi connectivity index (χ1v) is 6.48. The molecular weight excluding hydrogens is 361 g/mol. The zero-order valence-corrected chi connectivity index (χ0v) is 12.8. The molecule has 0 atom stereocenters. The van der Waals surface area contributed by atoms with Gasteiger partial charge in [0.15, 0.2) is 5.75 Å². The SMILES string of the molecule is COc1cc(OC)nc(Oc2ccc(C)nc2I)n1. The lowest BCUT2D eigenvalue weighted by atomic mass is 10.4. The van der Waals surface area contributed by atoms with Crippen LogP contribution in [0.4, 0.5) is 0 Å². The highest BCUT2D eigenvalue weighted by Gasteiger charge is 2.10. The molecule has 2 rings (SSSR count). The topological polar surface area (TPSA) is 66.4 Å². The molecule has 0 aliphatic heterocycles. The number of hydrogen-bond donors (Lipinski definition) is 0. The maximum atomic E-state index is 5.60. The molecule has 0 unspecified atom stereocenters. The fourth-order valence-electron chi connectivity index (χ4n) is 1.33. The van der Waals surface area contributed by atoms with Gasteiger partial charge in [-0.2, -0.15) is 9.97 Å². The second kappa shape index (κ2) is 6.00. The van der Waals surface area contributed by atoms with E-state index >= 15 is 0 Å². The van der Waals surface area contributed by atoms with E-state index in [0.717, 1.165) is 9.39 Å². The first-order chi connectivity index (χ1) is 9.12. The van der Waals surface area contributed by atoms with Gasteiger partial charge in [0.05, 0.1) is 20.3 Å². The summed E-state index contributed by atoms with van der Waals surface area (Å²) in [5, 5.41) is 0. The minimum Gasteiger partial charge on any atom is -0.481 e. The Morgan fingerprint density at radius 1 is 1.00 bits per heavy atom. The summed E-state index contributed by atoms with van der Waals surface area (Å²) in [6.45, 7) is 1.91. The molecule has 2 aromatic rings. The predicted molar refractivity (Wildman–Crippen MR) is 76.9 cm³/mol. The first-order valence-electron chi connectivity index (χ1n) is 5.40. The Morgan fingerprint density at radius 3 is 2.16 bits per heavy atom. The summed E-state index contributed by atoms with van der Waals surface area (Å²) < 4.78 is 16.4. The minimum absolute atomic E-state index is 0.153. The Hall–Kier alpha value is -1.64. The number of aryl methyl sites for hydroxylation is 1. The molecule has 0 amide bonds. The van der Waals surface area contributed by atoms with Crippen molar-refractivity contribution in [2.45, 2.75) is 6.92 Å². The molecule has 0 N–H and O–H groups in total. The van der Waals surface area contributed by atoms with E-state index in [1.807, 2.05) is 19.1 Å². The molecule has 2 aromatic heterocycles. The molecule has 0 saturated carbocycles. The van der Waals surface area contributed by atoms with Gasteiger partial charge in [-0.15, -0.1) is 0 Å². The summed E-state index contributed by atoms with van der Waals surface area (Å²) in [7, 11) is 3.03. The van der Waals surface area contributed by atoms with Crippen LogP contribution in [0.3, 0.4) is 0 Å². The van der Waals surface area contributed by atoms with Crippen molar-refractivity contribution in [3.8, 4) is 23.5 Å². The number of hydrogen-bond acceptors (Lipinski definition) is 6. The minimum atomic E-state index is 0.153. The highest BCUT2D eigenvalue weighted by atomic mass is 127. The quantitative estimate of drug-likeness (QED) is 0.607. The molecule has 19 heavy (non-hydrogen) atoms. The Labute approximate surface area is 124 Å². The molecule has 0 aliphatic carbocycles. The highest BCUT2D eigenvalue weighted by molar-refractivity contribution is 14.1. The lowest BCUT2D eigenvalue weighted by Crippen LogP contribution is -1.99. The number of methoxy groups -OCH3 is 2. The molecular formula is C12H12IN3O3. The van der Waals surface area contributed by atoms with Gasteiger partial charge in [0, 0.05) is 5.69 Å². The molecule has 0 aromatic carbocycles. The molecule has 0 radical (unpaired) electrons. The zero-order chi connectivity index (χ0) is 13.8. The van der Waals surface area contributed by atoms with E-state index in [9.17, 15) is 0 Å². The number of ether oxygens (including phenoxy) is 3. The van der Waals surface area contributed by atoms with Crippen LogP contribution in [-0.4, -0.2) is 29.2 Å². The Kier molecular flexibility index (Phi) is 4.35. The Bertz CT molecular complexity index is 570. The van der Waals surface area contributed by atoms with Crippen molar-refractivity contribution in [3.05, 3.63) is 27.6 Å². The van der Waals surface area contributed by atoms with Crippen LogP contribution in [-0.2, 0) is 0 Å². The summed E-state index contributed by atoms with van der Waals surface area (Å²) in [5.41, 5.74) is 0.917. The molecule has 0 spiro atoms. The fraction of sp³-hybridized carbons (Fsp3) is 0.250. The number of nitrogens with zero attached hydrogens (tertiary/aromatic N) is 3. The Morgan fingerprint density at radius 2 is 1.63 bits per heavy atom. The fourth-order valence-corrected chi connectivity index (χ4v) is 2.00. The molecule has 0 aliphatic rings. The van der Waals surface area contributed by atoms with Crippen LogP contribution in [0.25, 0.3) is 0 Å². The van der Waals surface area contributed by atoms with Crippen LogP contribution in [0, 0.1) is 10.6 Å². The maximum absolute atomic E-state index is 5.60. The molecule has 0 fully saturated rings. The molecule has 7 heteroatoms. The van der Waals surface area contributed by atoms with E-state index in [4.69, 9.17) is 14.2 Å². The lowest BCUT2D eigenvalue weighted by molar-refractivity contribution is 0.347. The van der Waals surface area contributed by atoms with Gasteiger partial charge < -0.3 is 14.2 Å². The van der Waals surface area contributed by atoms with Crippen molar-refractivity contribution in [3.63, 3.8) is 0 Å². The predicted octanol–water partition coefficient (Wildman–Crippen LogP) is 2.59. The maximum Gasteiger partial charge on any atom is 0.328 e. The molecule has 0 bridgehead atoms. The Balaban J connectivity index is 2.31. The molecule has 100 valence electrons. The largest absolute Gasteiger partial charge is 0.481 e. The average Bonchev–Trinajstić information content (AvgIpc) is 2.41. The van der Waals surface area contributed by atoms with E-state index in [1.165, 1.54) is 14.2 Å². The third-order valence-corrected chi connectivity index (χ3v) is 3.00. The standard InChI is InChI=1S/C12H12IN3O3/c1-7-4-5-8(11(13)14-7)19-12-15-9(17-2)6-10(16-12)18-3/h4-6H,1-3H3. The summed E-state index contributed by atoms with van der Waals surface area (Å²) in [6.07, 6.45) is 0. The monoisotopic (exact) mass is 373 g/mol. The highest BCUT2D eigenvalue weighted by Crippen LogP contribution is 2.26. The summed E-state index contributed by atoms with van der Waals surface area (Å²) in [6, 6.07) is 5.40. The van der Waals surface area contributed by atoms with Gasteiger partial charge in [0.1, 0.15) is 3.70 Å². The summed E-state index contributed by atoms with van der Waals surface area (Å²) >= 11 is 2.09. The number of aromatic nitrogens is 3. The smallest absolute Gasteiger partial charge is 0.328 e. The molecule has 6 nitrogen and oxygen atoms in total. The van der Waals surface area contributed by atoms with Crippen LogP contribution in [0.2, 0.25) is 0 Å². The molecule has 2 heterocycles. The van der Waals surface area contributed by atoms with Gasteiger partial charge >= 0.3 is 6.01 Å². The third-order valence-electron chi connectivity index (χ3n) is 2.23. The van der Waals surface area contributed by atoms with E-state index in [0.29, 0.717) is 17.5 Å². The van der Waals surface area contributed by atoms with Gasteiger partial charge in [-0.25, -0.2) is 4.98 Å².